The van der Waals surface area contributed by atoms with Crippen molar-refractivity contribution in [2.45, 2.75) is 13.5 Å². The number of benzene rings is 1. The first-order valence-electron chi connectivity index (χ1n) is 4.96. The molecule has 0 saturated heterocycles. The van der Waals surface area contributed by atoms with Gasteiger partial charge < -0.3 is 11.1 Å². The highest BCUT2D eigenvalue weighted by molar-refractivity contribution is 9.10. The van der Waals surface area contributed by atoms with Crippen LogP contribution >= 0.6 is 15.9 Å². The van der Waals surface area contributed by atoms with Crippen molar-refractivity contribution in [2.75, 3.05) is 6.54 Å². The summed E-state index contributed by atoms with van der Waals surface area (Å²) in [7, 11) is 0. The van der Waals surface area contributed by atoms with Crippen molar-refractivity contribution in [3.05, 3.63) is 34.1 Å². The first-order valence-corrected chi connectivity index (χ1v) is 5.75. The van der Waals surface area contributed by atoms with Crippen LogP contribution in [0.1, 0.15) is 12.5 Å². The zero-order chi connectivity index (χ0) is 12.1. The molecule has 1 rings (SSSR count). The van der Waals surface area contributed by atoms with Gasteiger partial charge in [0.2, 0.25) is 5.91 Å². The number of hydrogen-bond donors (Lipinski definition) is 2. The van der Waals surface area contributed by atoms with E-state index in [0.29, 0.717) is 5.56 Å². The number of nitrogens with one attached hydrogen (secondary N) is 1. The van der Waals surface area contributed by atoms with Crippen LogP contribution in [0.5, 0.6) is 0 Å². The topological polar surface area (TPSA) is 55.1 Å². The molecule has 3 N–H and O–H groups in total. The summed E-state index contributed by atoms with van der Waals surface area (Å²) < 4.78 is 14.1. The molecule has 0 aliphatic carbocycles. The van der Waals surface area contributed by atoms with Gasteiger partial charge in [-0.1, -0.05) is 22.9 Å². The van der Waals surface area contributed by atoms with Crippen molar-refractivity contribution in [3.8, 4) is 0 Å². The number of hydrogen-bond acceptors (Lipinski definition) is 2. The van der Waals surface area contributed by atoms with Gasteiger partial charge in [0.05, 0.1) is 0 Å². The zero-order valence-corrected chi connectivity index (χ0v) is 10.6. The summed E-state index contributed by atoms with van der Waals surface area (Å²) in [6.07, 6.45) is 0. The summed E-state index contributed by atoms with van der Waals surface area (Å²) in [5.41, 5.74) is 5.80. The molecule has 1 aromatic carbocycles. The van der Waals surface area contributed by atoms with Crippen LogP contribution in [0.3, 0.4) is 0 Å². The molecule has 0 spiro atoms. The van der Waals surface area contributed by atoms with Gasteiger partial charge in [-0.25, -0.2) is 4.39 Å². The van der Waals surface area contributed by atoms with Crippen LogP contribution in [-0.4, -0.2) is 12.5 Å². The molecular weight excluding hydrogens is 275 g/mol. The van der Waals surface area contributed by atoms with Crippen LogP contribution < -0.4 is 11.1 Å². The van der Waals surface area contributed by atoms with Crippen LogP contribution in [0.4, 0.5) is 4.39 Å². The van der Waals surface area contributed by atoms with Crippen molar-refractivity contribution >= 4 is 21.8 Å². The Bertz CT molecular complexity index is 384. The van der Waals surface area contributed by atoms with Crippen molar-refractivity contribution in [3.63, 3.8) is 0 Å². The maximum absolute atomic E-state index is 13.3. The third-order valence-corrected chi connectivity index (χ3v) is 2.76. The van der Waals surface area contributed by atoms with Crippen molar-refractivity contribution in [2.24, 2.45) is 11.7 Å². The quantitative estimate of drug-likeness (QED) is 0.888. The molecule has 1 unspecified atom stereocenters. The molecule has 0 bridgehead atoms. The molecule has 0 fully saturated rings. The lowest BCUT2D eigenvalue weighted by Crippen LogP contribution is -2.33. The minimum absolute atomic E-state index is 0.165. The minimum atomic E-state index is -0.330. The molecule has 1 aromatic rings. The molecule has 1 atom stereocenters. The van der Waals surface area contributed by atoms with E-state index < -0.39 is 0 Å². The fourth-order valence-corrected chi connectivity index (χ4v) is 1.55. The smallest absolute Gasteiger partial charge is 0.224 e. The van der Waals surface area contributed by atoms with E-state index in [0.717, 1.165) is 4.47 Å². The summed E-state index contributed by atoms with van der Waals surface area (Å²) in [6, 6.07) is 4.61. The lowest BCUT2D eigenvalue weighted by atomic mass is 10.1. The van der Waals surface area contributed by atoms with E-state index in [2.05, 4.69) is 21.2 Å². The highest BCUT2D eigenvalue weighted by atomic mass is 79.9. The van der Waals surface area contributed by atoms with Crippen LogP contribution in [0, 0.1) is 11.7 Å². The second-order valence-corrected chi connectivity index (χ2v) is 4.51. The van der Waals surface area contributed by atoms with Gasteiger partial charge in [-0.2, -0.15) is 0 Å². The van der Waals surface area contributed by atoms with Gasteiger partial charge in [0.1, 0.15) is 5.82 Å². The van der Waals surface area contributed by atoms with Gasteiger partial charge in [-0.05, 0) is 18.2 Å². The minimum Gasteiger partial charge on any atom is -0.352 e. The third kappa shape index (κ3) is 3.57. The van der Waals surface area contributed by atoms with Crippen molar-refractivity contribution in [1.29, 1.82) is 0 Å². The molecule has 0 aliphatic heterocycles. The fourth-order valence-electron chi connectivity index (χ4n) is 1.14. The van der Waals surface area contributed by atoms with Gasteiger partial charge in [0.15, 0.2) is 0 Å². The lowest BCUT2D eigenvalue weighted by Gasteiger charge is -2.10. The van der Waals surface area contributed by atoms with Crippen molar-refractivity contribution < 1.29 is 9.18 Å². The summed E-state index contributed by atoms with van der Waals surface area (Å²) >= 11 is 3.25. The van der Waals surface area contributed by atoms with E-state index in [4.69, 9.17) is 5.73 Å². The summed E-state index contributed by atoms with van der Waals surface area (Å²) in [5, 5.41) is 2.64. The van der Waals surface area contributed by atoms with Crippen LogP contribution in [0.25, 0.3) is 0 Å². The average molecular weight is 289 g/mol. The first-order chi connectivity index (χ1) is 7.54. The maximum atomic E-state index is 13.3. The van der Waals surface area contributed by atoms with E-state index in [1.807, 2.05) is 0 Å². The van der Waals surface area contributed by atoms with Gasteiger partial charge in [0.25, 0.3) is 0 Å². The summed E-state index contributed by atoms with van der Waals surface area (Å²) in [4.78, 5) is 11.4. The molecule has 88 valence electrons. The maximum Gasteiger partial charge on any atom is 0.224 e. The van der Waals surface area contributed by atoms with Gasteiger partial charge in [0, 0.05) is 29.0 Å². The predicted octanol–water partition coefficient (Wildman–Crippen LogP) is 1.80. The van der Waals surface area contributed by atoms with Gasteiger partial charge in [-0.3, -0.25) is 4.79 Å². The molecule has 16 heavy (non-hydrogen) atoms. The Morgan fingerprint density at radius 1 is 1.62 bits per heavy atom. The normalized spacial score (nSPS) is 12.2. The Labute approximate surface area is 102 Å². The van der Waals surface area contributed by atoms with E-state index in [1.165, 1.54) is 6.07 Å². The standard InChI is InChI=1S/C11H14BrFN2O/c1-7(5-14)11(16)15-6-8-4-9(12)2-3-10(8)13/h2-4,7H,5-6,14H2,1H3,(H,15,16). The van der Waals surface area contributed by atoms with Gasteiger partial charge in [-0.15, -0.1) is 0 Å². The van der Waals surface area contributed by atoms with E-state index in [-0.39, 0.29) is 30.7 Å². The van der Waals surface area contributed by atoms with Crippen LogP contribution in [0.15, 0.2) is 22.7 Å². The number of rotatable bonds is 4. The molecule has 0 aliphatic rings. The number of nitrogens with two attached hydrogens (primary N) is 1. The number of amides is 1. The van der Waals surface area contributed by atoms with E-state index in [1.54, 1.807) is 19.1 Å². The Kier molecular flexibility index (Phi) is 4.89. The average Bonchev–Trinajstić information content (AvgIpc) is 2.28. The highest BCUT2D eigenvalue weighted by Gasteiger charge is 2.11. The molecule has 0 heterocycles. The highest BCUT2D eigenvalue weighted by Crippen LogP contribution is 2.15. The lowest BCUT2D eigenvalue weighted by molar-refractivity contribution is -0.124. The Morgan fingerprint density at radius 2 is 2.31 bits per heavy atom. The fraction of sp³-hybridized carbons (Fsp3) is 0.364. The number of halogens is 2. The number of carbonyl (C=O) groups excluding carboxylic acids is 1. The van der Waals surface area contributed by atoms with Crippen LogP contribution in [0.2, 0.25) is 0 Å². The molecule has 0 aromatic heterocycles. The second kappa shape index (κ2) is 5.96. The largest absolute Gasteiger partial charge is 0.352 e. The Balaban J connectivity index is 2.61. The molecule has 1 amide bonds. The molecular formula is C11H14BrFN2O. The predicted molar refractivity (Wildman–Crippen MR) is 64.2 cm³/mol. The summed E-state index contributed by atoms with van der Waals surface area (Å²) in [5.74, 6) is -0.749. The molecule has 5 heteroatoms. The third-order valence-electron chi connectivity index (χ3n) is 2.26. The Hall–Kier alpha value is -0.940. The van der Waals surface area contributed by atoms with Crippen molar-refractivity contribution in [1.82, 2.24) is 5.32 Å². The second-order valence-electron chi connectivity index (χ2n) is 3.59. The molecule has 0 radical (unpaired) electrons. The Morgan fingerprint density at radius 3 is 2.94 bits per heavy atom. The molecule has 0 saturated carbocycles. The monoisotopic (exact) mass is 288 g/mol. The summed E-state index contributed by atoms with van der Waals surface area (Å²) in [6.45, 7) is 2.19. The first kappa shape index (κ1) is 13.1. The SMILES string of the molecule is CC(CN)C(=O)NCc1cc(Br)ccc1F. The van der Waals surface area contributed by atoms with E-state index in [9.17, 15) is 9.18 Å². The zero-order valence-electron chi connectivity index (χ0n) is 8.97. The van der Waals surface area contributed by atoms with Gasteiger partial charge >= 0.3 is 0 Å². The van der Waals surface area contributed by atoms with Crippen LogP contribution in [-0.2, 0) is 11.3 Å². The molecule has 3 nitrogen and oxygen atoms in total. The number of carbonyl (C=O) groups is 1. The van der Waals surface area contributed by atoms with E-state index >= 15 is 0 Å².